The number of hydrogen-bond donors (Lipinski definition) is 2. The molecule has 2 aromatic carbocycles. The molecule has 126 valence electrons. The van der Waals surface area contributed by atoms with Gasteiger partial charge in [0.1, 0.15) is 0 Å². The van der Waals surface area contributed by atoms with Crippen LogP contribution in [0, 0.1) is 6.92 Å². The van der Waals surface area contributed by atoms with Crippen LogP contribution in [0.3, 0.4) is 0 Å². The number of nitrogens with one attached hydrogen (secondary N) is 1. The van der Waals surface area contributed by atoms with E-state index in [1.165, 1.54) is 37.4 Å². The molecule has 0 heterocycles. The summed E-state index contributed by atoms with van der Waals surface area (Å²) in [6, 6.07) is 10.1. The van der Waals surface area contributed by atoms with Crippen molar-refractivity contribution in [3.8, 4) is 0 Å². The van der Waals surface area contributed by atoms with Crippen molar-refractivity contribution >= 4 is 27.6 Å². The monoisotopic (exact) mass is 348 g/mol. The minimum Gasteiger partial charge on any atom is -0.465 e. The van der Waals surface area contributed by atoms with Gasteiger partial charge < -0.3 is 10.5 Å². The molecule has 0 saturated heterocycles. The van der Waals surface area contributed by atoms with Crippen molar-refractivity contribution in [2.45, 2.75) is 11.8 Å². The van der Waals surface area contributed by atoms with Gasteiger partial charge in [-0.15, -0.1) is 0 Å². The summed E-state index contributed by atoms with van der Waals surface area (Å²) in [5.74, 6) is -1.39. The summed E-state index contributed by atoms with van der Waals surface area (Å²) >= 11 is 0. The van der Waals surface area contributed by atoms with Crippen molar-refractivity contribution in [1.29, 1.82) is 0 Å². The fourth-order valence-electron chi connectivity index (χ4n) is 2.10. The first-order chi connectivity index (χ1) is 11.3. The van der Waals surface area contributed by atoms with Crippen LogP contribution in [0.2, 0.25) is 0 Å². The topological polar surface area (TPSA) is 116 Å². The predicted molar refractivity (Wildman–Crippen MR) is 88.3 cm³/mol. The molecule has 0 radical (unpaired) electrons. The maximum absolute atomic E-state index is 12.5. The Balaban J connectivity index is 2.45. The highest BCUT2D eigenvalue weighted by molar-refractivity contribution is 7.92. The number of aryl methyl sites for hydroxylation is 1. The van der Waals surface area contributed by atoms with Gasteiger partial charge in [0.2, 0.25) is 5.91 Å². The molecule has 0 aliphatic rings. The summed E-state index contributed by atoms with van der Waals surface area (Å²) in [6.45, 7) is 1.65. The van der Waals surface area contributed by atoms with Crippen molar-refractivity contribution in [2.24, 2.45) is 5.73 Å². The van der Waals surface area contributed by atoms with E-state index in [2.05, 4.69) is 9.46 Å². The van der Waals surface area contributed by atoms with E-state index < -0.39 is 21.9 Å². The first-order valence-electron chi connectivity index (χ1n) is 6.87. The highest BCUT2D eigenvalue weighted by Gasteiger charge is 2.20. The average Bonchev–Trinajstić information content (AvgIpc) is 2.54. The van der Waals surface area contributed by atoms with Crippen LogP contribution in [0.4, 0.5) is 5.69 Å². The van der Waals surface area contributed by atoms with E-state index in [4.69, 9.17) is 5.73 Å². The number of nitrogens with two attached hydrogens (primary N) is 1. The molecule has 0 bridgehead atoms. The molecule has 0 spiro atoms. The number of primary amides is 1. The van der Waals surface area contributed by atoms with Gasteiger partial charge in [-0.25, -0.2) is 13.2 Å². The first kappa shape index (κ1) is 17.5. The smallest absolute Gasteiger partial charge is 0.339 e. The van der Waals surface area contributed by atoms with Gasteiger partial charge in [0.25, 0.3) is 10.0 Å². The Morgan fingerprint density at radius 2 is 1.75 bits per heavy atom. The fraction of sp³-hybridized carbons (Fsp3) is 0.125. The summed E-state index contributed by atoms with van der Waals surface area (Å²) in [5, 5.41) is 0. The van der Waals surface area contributed by atoms with Gasteiger partial charge in [-0.2, -0.15) is 0 Å². The molecule has 0 atom stereocenters. The average molecular weight is 348 g/mol. The minimum atomic E-state index is -4.02. The van der Waals surface area contributed by atoms with Crippen molar-refractivity contribution in [3.05, 3.63) is 59.2 Å². The van der Waals surface area contributed by atoms with E-state index in [1.54, 1.807) is 19.1 Å². The van der Waals surface area contributed by atoms with Crippen LogP contribution in [0.5, 0.6) is 0 Å². The van der Waals surface area contributed by atoms with E-state index in [9.17, 15) is 18.0 Å². The van der Waals surface area contributed by atoms with Crippen LogP contribution in [0.25, 0.3) is 0 Å². The van der Waals surface area contributed by atoms with Crippen LogP contribution in [-0.2, 0) is 14.8 Å². The van der Waals surface area contributed by atoms with Crippen LogP contribution in [-0.4, -0.2) is 27.4 Å². The van der Waals surface area contributed by atoms with Crippen molar-refractivity contribution in [1.82, 2.24) is 0 Å². The Hall–Kier alpha value is -2.87. The second-order valence-corrected chi connectivity index (χ2v) is 6.67. The molecular formula is C16H16N2O5S. The molecule has 0 saturated carbocycles. The van der Waals surface area contributed by atoms with Crippen LogP contribution >= 0.6 is 0 Å². The SMILES string of the molecule is COC(=O)c1ccccc1NS(=O)(=O)c1ccc(C)c(C(N)=O)c1. The van der Waals surface area contributed by atoms with Crippen LogP contribution in [0.1, 0.15) is 26.3 Å². The number of carbonyl (C=O) groups excluding carboxylic acids is 2. The molecule has 0 aliphatic carbocycles. The lowest BCUT2D eigenvalue weighted by Crippen LogP contribution is -2.18. The second kappa shape index (κ2) is 6.71. The number of ether oxygens (including phenoxy) is 1. The number of sulfonamides is 1. The molecule has 24 heavy (non-hydrogen) atoms. The molecule has 2 rings (SSSR count). The highest BCUT2D eigenvalue weighted by atomic mass is 32.2. The Labute approximate surface area is 139 Å². The number of carbonyl (C=O) groups is 2. The van der Waals surface area contributed by atoms with Gasteiger partial charge in [0, 0.05) is 5.56 Å². The van der Waals surface area contributed by atoms with E-state index in [-0.39, 0.29) is 21.7 Å². The Morgan fingerprint density at radius 3 is 2.38 bits per heavy atom. The van der Waals surface area contributed by atoms with E-state index >= 15 is 0 Å². The number of anilines is 1. The molecule has 0 fully saturated rings. The van der Waals surface area contributed by atoms with Gasteiger partial charge in [0.15, 0.2) is 0 Å². The highest BCUT2D eigenvalue weighted by Crippen LogP contribution is 2.22. The van der Waals surface area contributed by atoms with Gasteiger partial charge in [-0.05, 0) is 36.8 Å². The van der Waals surface area contributed by atoms with Gasteiger partial charge in [0.05, 0.1) is 23.3 Å². The zero-order valence-electron chi connectivity index (χ0n) is 13.1. The number of methoxy groups -OCH3 is 1. The number of rotatable bonds is 5. The number of amides is 1. The summed E-state index contributed by atoms with van der Waals surface area (Å²) in [5.41, 5.74) is 6.07. The predicted octanol–water partition coefficient (Wildman–Crippen LogP) is 1.68. The lowest BCUT2D eigenvalue weighted by Gasteiger charge is -2.12. The molecule has 0 unspecified atom stereocenters. The maximum atomic E-state index is 12.5. The first-order valence-corrected chi connectivity index (χ1v) is 8.35. The number of para-hydroxylation sites is 1. The Kier molecular flexibility index (Phi) is 4.89. The zero-order valence-corrected chi connectivity index (χ0v) is 13.9. The quantitative estimate of drug-likeness (QED) is 0.798. The molecule has 0 aliphatic heterocycles. The Bertz CT molecular complexity index is 906. The van der Waals surface area contributed by atoms with Crippen molar-refractivity contribution in [3.63, 3.8) is 0 Å². The third kappa shape index (κ3) is 3.54. The van der Waals surface area contributed by atoms with E-state index in [1.807, 2.05) is 0 Å². The molecule has 3 N–H and O–H groups in total. The number of esters is 1. The van der Waals surface area contributed by atoms with Crippen molar-refractivity contribution < 1.29 is 22.7 Å². The molecule has 7 nitrogen and oxygen atoms in total. The minimum absolute atomic E-state index is 0.0746. The van der Waals surface area contributed by atoms with Crippen LogP contribution in [0.15, 0.2) is 47.4 Å². The lowest BCUT2D eigenvalue weighted by atomic mass is 10.1. The molecule has 0 aromatic heterocycles. The van der Waals surface area contributed by atoms with Crippen molar-refractivity contribution in [2.75, 3.05) is 11.8 Å². The van der Waals surface area contributed by atoms with Crippen LogP contribution < -0.4 is 10.5 Å². The van der Waals surface area contributed by atoms with E-state index in [0.29, 0.717) is 5.56 Å². The zero-order chi connectivity index (χ0) is 17.9. The third-order valence-electron chi connectivity index (χ3n) is 3.36. The van der Waals surface area contributed by atoms with Gasteiger partial charge in [-0.1, -0.05) is 18.2 Å². The molecule has 8 heteroatoms. The fourth-order valence-corrected chi connectivity index (χ4v) is 3.20. The number of hydrogen-bond acceptors (Lipinski definition) is 5. The summed E-state index contributed by atoms with van der Waals surface area (Å²) in [4.78, 5) is 23.0. The normalized spacial score (nSPS) is 10.9. The molecular weight excluding hydrogens is 332 g/mol. The summed E-state index contributed by atoms with van der Waals surface area (Å²) in [6.07, 6.45) is 0. The standard InChI is InChI=1S/C16H16N2O5S/c1-10-7-8-11(9-13(10)15(17)19)24(21,22)18-14-6-4-3-5-12(14)16(20)23-2/h3-9,18H,1-2H3,(H2,17,19). The Morgan fingerprint density at radius 1 is 1.08 bits per heavy atom. The third-order valence-corrected chi connectivity index (χ3v) is 4.72. The van der Waals surface area contributed by atoms with Gasteiger partial charge in [-0.3, -0.25) is 9.52 Å². The second-order valence-electron chi connectivity index (χ2n) is 4.98. The summed E-state index contributed by atoms with van der Waals surface area (Å²) < 4.78 is 32.0. The van der Waals surface area contributed by atoms with E-state index in [0.717, 1.165) is 0 Å². The summed E-state index contributed by atoms with van der Waals surface area (Å²) in [7, 11) is -2.81. The molecule has 2 aromatic rings. The maximum Gasteiger partial charge on any atom is 0.339 e. The number of benzene rings is 2. The van der Waals surface area contributed by atoms with Gasteiger partial charge >= 0.3 is 5.97 Å². The largest absolute Gasteiger partial charge is 0.465 e. The lowest BCUT2D eigenvalue weighted by molar-refractivity contribution is 0.0602. The molecule has 1 amide bonds.